The van der Waals surface area contributed by atoms with Crippen LogP contribution in [0.2, 0.25) is 0 Å². The second-order valence-corrected chi connectivity index (χ2v) is 6.47. The number of ether oxygens (including phenoxy) is 1. The summed E-state index contributed by atoms with van der Waals surface area (Å²) in [5, 5.41) is 22.7. The number of nitrogens with zero attached hydrogens (tertiary/aromatic N) is 1. The Labute approximate surface area is 163 Å². The largest absolute Gasteiger partial charge is 0.451 e. The molecule has 2 aromatic carbocycles. The zero-order valence-electron chi connectivity index (χ0n) is 14.3. The molecule has 0 aliphatic rings. The number of aliphatic hydroxyl groups excluding tert-OH is 1. The minimum atomic E-state index is -1.08. The van der Waals surface area contributed by atoms with Crippen LogP contribution < -0.4 is 5.32 Å². The first kappa shape index (κ1) is 20.5. The third-order valence-electron chi connectivity index (χ3n) is 3.64. The Morgan fingerprint density at radius 2 is 1.93 bits per heavy atom. The lowest BCUT2D eigenvalue weighted by molar-refractivity contribution is -0.384. The van der Waals surface area contributed by atoms with E-state index in [0.717, 1.165) is 10.5 Å². The zero-order chi connectivity index (χ0) is 20.0. The molecule has 0 aliphatic heterocycles. The van der Waals surface area contributed by atoms with Gasteiger partial charge in [0.25, 0.3) is 5.69 Å². The first-order valence-corrected chi connectivity index (χ1v) is 8.76. The number of non-ortho nitro benzene ring substituents is 1. The number of aliphatic hydroxyl groups is 1. The van der Waals surface area contributed by atoms with E-state index in [0.29, 0.717) is 5.56 Å². The number of carbonyl (C=O) groups excluding carboxylic acids is 2. The molecule has 2 N–H and O–H groups in total. The number of benzene rings is 2. The van der Waals surface area contributed by atoms with E-state index in [2.05, 4.69) is 21.2 Å². The minimum absolute atomic E-state index is 0.0897. The Balaban J connectivity index is 2.22. The second kappa shape index (κ2) is 9.24. The van der Waals surface area contributed by atoms with Crippen molar-refractivity contribution in [3.05, 3.63) is 68.2 Å². The molecule has 0 aromatic heterocycles. The molecule has 8 nitrogen and oxygen atoms in total. The average molecular weight is 437 g/mol. The Kier molecular flexibility index (Phi) is 7.03. The molecule has 0 heterocycles. The number of rotatable bonds is 8. The first-order chi connectivity index (χ1) is 12.8. The summed E-state index contributed by atoms with van der Waals surface area (Å²) in [4.78, 5) is 35.2. The molecule has 1 atom stereocenters. The molecule has 0 spiro atoms. The fraction of sp³-hybridized carbons (Fsp3) is 0.222. The fourth-order valence-corrected chi connectivity index (χ4v) is 2.55. The van der Waals surface area contributed by atoms with Gasteiger partial charge in [0, 0.05) is 34.4 Å². The van der Waals surface area contributed by atoms with E-state index in [1.165, 1.54) is 19.1 Å². The quantitative estimate of drug-likeness (QED) is 0.282. The summed E-state index contributed by atoms with van der Waals surface area (Å²) in [6.07, 6.45) is -1.08. The number of nitrogens with one attached hydrogen (secondary N) is 1. The number of halogens is 1. The normalized spacial score (nSPS) is 11.5. The number of esters is 1. The van der Waals surface area contributed by atoms with Crippen LogP contribution >= 0.6 is 15.9 Å². The molecular formula is C18H17BrN2O6. The maximum atomic E-state index is 12.5. The standard InChI is InChI=1S/C18H17BrN2O6/c1-11(17(23)12-2-4-13(19)5-3-12)27-18(24)15-10-14(21(25)26)6-7-16(15)20-8-9-22/h2-7,10-11,20,22H,8-9H2,1H3/t11-/m1/s1. The zero-order valence-corrected chi connectivity index (χ0v) is 15.9. The van der Waals surface area contributed by atoms with E-state index in [4.69, 9.17) is 9.84 Å². The van der Waals surface area contributed by atoms with Crippen molar-refractivity contribution in [2.24, 2.45) is 0 Å². The molecule has 142 valence electrons. The summed E-state index contributed by atoms with van der Waals surface area (Å²) in [5.74, 6) is -1.27. The van der Waals surface area contributed by atoms with Crippen molar-refractivity contribution in [1.29, 1.82) is 0 Å². The molecule has 0 aliphatic carbocycles. The smallest absolute Gasteiger partial charge is 0.341 e. The van der Waals surface area contributed by atoms with Gasteiger partial charge in [-0.15, -0.1) is 0 Å². The number of ketones is 1. The highest BCUT2D eigenvalue weighted by atomic mass is 79.9. The van der Waals surface area contributed by atoms with Crippen LogP contribution in [0.5, 0.6) is 0 Å². The molecule has 0 unspecified atom stereocenters. The monoisotopic (exact) mass is 436 g/mol. The average Bonchev–Trinajstić information content (AvgIpc) is 2.66. The summed E-state index contributed by atoms with van der Waals surface area (Å²) in [6, 6.07) is 10.2. The minimum Gasteiger partial charge on any atom is -0.451 e. The van der Waals surface area contributed by atoms with Gasteiger partial charge in [0.1, 0.15) is 0 Å². The van der Waals surface area contributed by atoms with Gasteiger partial charge in [-0.3, -0.25) is 14.9 Å². The molecule has 0 saturated heterocycles. The number of nitro groups is 1. The maximum Gasteiger partial charge on any atom is 0.341 e. The SMILES string of the molecule is C[C@@H](OC(=O)c1cc([N+](=O)[O-])ccc1NCCO)C(=O)c1ccc(Br)cc1. The lowest BCUT2D eigenvalue weighted by Gasteiger charge is -2.15. The Hall–Kier alpha value is -2.78. The van der Waals surface area contributed by atoms with Crippen molar-refractivity contribution in [3.8, 4) is 0 Å². The third kappa shape index (κ3) is 5.35. The number of Topliss-reactive ketones (excluding diaryl/α,β-unsaturated/α-hetero) is 1. The van der Waals surface area contributed by atoms with Gasteiger partial charge >= 0.3 is 5.97 Å². The Morgan fingerprint density at radius 3 is 2.52 bits per heavy atom. The van der Waals surface area contributed by atoms with Gasteiger partial charge in [0.15, 0.2) is 6.10 Å². The highest BCUT2D eigenvalue weighted by Crippen LogP contribution is 2.24. The van der Waals surface area contributed by atoms with Crippen LogP contribution in [0.4, 0.5) is 11.4 Å². The first-order valence-electron chi connectivity index (χ1n) is 7.97. The van der Waals surface area contributed by atoms with E-state index in [-0.39, 0.29) is 30.1 Å². The maximum absolute atomic E-state index is 12.5. The summed E-state index contributed by atoms with van der Waals surface area (Å²) in [5.41, 5.74) is 0.260. The van der Waals surface area contributed by atoms with Crippen LogP contribution in [-0.4, -0.2) is 41.0 Å². The highest BCUT2D eigenvalue weighted by molar-refractivity contribution is 9.10. The van der Waals surface area contributed by atoms with Crippen LogP contribution in [0.3, 0.4) is 0 Å². The van der Waals surface area contributed by atoms with Crippen molar-refractivity contribution in [3.63, 3.8) is 0 Å². The van der Waals surface area contributed by atoms with E-state index in [9.17, 15) is 19.7 Å². The van der Waals surface area contributed by atoms with Gasteiger partial charge < -0.3 is 15.2 Å². The van der Waals surface area contributed by atoms with Crippen molar-refractivity contribution < 1.29 is 24.4 Å². The van der Waals surface area contributed by atoms with E-state index >= 15 is 0 Å². The van der Waals surface area contributed by atoms with Crippen LogP contribution in [0.1, 0.15) is 27.6 Å². The summed E-state index contributed by atoms with van der Waals surface area (Å²) in [6.45, 7) is 1.38. The summed E-state index contributed by atoms with van der Waals surface area (Å²) in [7, 11) is 0. The summed E-state index contributed by atoms with van der Waals surface area (Å²) >= 11 is 3.27. The number of nitro benzene ring substituents is 1. The van der Waals surface area contributed by atoms with Crippen molar-refractivity contribution >= 4 is 39.1 Å². The van der Waals surface area contributed by atoms with Gasteiger partial charge in [-0.1, -0.05) is 28.1 Å². The molecule has 27 heavy (non-hydrogen) atoms. The van der Waals surface area contributed by atoms with Gasteiger partial charge in [-0.05, 0) is 25.1 Å². The van der Waals surface area contributed by atoms with E-state index in [1.807, 2.05) is 0 Å². The molecular weight excluding hydrogens is 420 g/mol. The summed E-state index contributed by atoms with van der Waals surface area (Å²) < 4.78 is 6.02. The molecule has 0 amide bonds. The lowest BCUT2D eigenvalue weighted by atomic mass is 10.1. The second-order valence-electron chi connectivity index (χ2n) is 5.56. The van der Waals surface area contributed by atoms with Gasteiger partial charge in [0.2, 0.25) is 5.78 Å². The molecule has 2 aromatic rings. The number of hydrogen-bond acceptors (Lipinski definition) is 7. The van der Waals surface area contributed by atoms with Gasteiger partial charge in [-0.25, -0.2) is 4.79 Å². The lowest BCUT2D eigenvalue weighted by Crippen LogP contribution is -2.25. The van der Waals surface area contributed by atoms with E-state index < -0.39 is 22.8 Å². The molecule has 0 radical (unpaired) electrons. The van der Waals surface area contributed by atoms with Crippen LogP contribution in [0, 0.1) is 10.1 Å². The van der Waals surface area contributed by atoms with Crippen LogP contribution in [0.15, 0.2) is 46.9 Å². The van der Waals surface area contributed by atoms with E-state index in [1.54, 1.807) is 24.3 Å². The highest BCUT2D eigenvalue weighted by Gasteiger charge is 2.24. The van der Waals surface area contributed by atoms with Crippen LogP contribution in [0.25, 0.3) is 0 Å². The van der Waals surface area contributed by atoms with Gasteiger partial charge in [0.05, 0.1) is 17.1 Å². The molecule has 9 heteroatoms. The topological polar surface area (TPSA) is 119 Å². The Bertz CT molecular complexity index is 853. The van der Waals surface area contributed by atoms with Crippen molar-refractivity contribution in [2.75, 3.05) is 18.5 Å². The number of anilines is 1. The molecule has 0 fully saturated rings. The molecule has 0 saturated carbocycles. The number of hydrogen-bond donors (Lipinski definition) is 2. The Morgan fingerprint density at radius 1 is 1.26 bits per heavy atom. The van der Waals surface area contributed by atoms with Crippen molar-refractivity contribution in [1.82, 2.24) is 0 Å². The van der Waals surface area contributed by atoms with Crippen LogP contribution in [-0.2, 0) is 4.74 Å². The van der Waals surface area contributed by atoms with Gasteiger partial charge in [-0.2, -0.15) is 0 Å². The number of carbonyl (C=O) groups is 2. The fourth-order valence-electron chi connectivity index (χ4n) is 2.29. The predicted molar refractivity (Wildman–Crippen MR) is 102 cm³/mol. The predicted octanol–water partition coefficient (Wildman–Crippen LogP) is 3.19. The molecule has 0 bridgehead atoms. The molecule has 2 rings (SSSR count). The third-order valence-corrected chi connectivity index (χ3v) is 4.17. The van der Waals surface area contributed by atoms with Crippen molar-refractivity contribution in [2.45, 2.75) is 13.0 Å².